The van der Waals surface area contributed by atoms with E-state index in [1.54, 1.807) is 0 Å². The summed E-state index contributed by atoms with van der Waals surface area (Å²) in [5, 5.41) is 32.1. The number of hydrogen-bond donors (Lipinski definition) is 3. The van der Waals surface area contributed by atoms with E-state index >= 15 is 0 Å². The van der Waals surface area contributed by atoms with Gasteiger partial charge in [0.1, 0.15) is 6.10 Å². The largest absolute Gasteiger partial charge is 0.394 e. The first-order chi connectivity index (χ1) is 8.99. The lowest BCUT2D eigenvalue weighted by Gasteiger charge is -2.22. The van der Waals surface area contributed by atoms with Crippen molar-refractivity contribution in [3.05, 3.63) is 39.9 Å². The third-order valence-electron chi connectivity index (χ3n) is 2.49. The second kappa shape index (κ2) is 7.36. The van der Waals surface area contributed by atoms with E-state index in [4.69, 9.17) is 5.11 Å². The van der Waals surface area contributed by atoms with Crippen LogP contribution < -0.4 is 5.32 Å². The molecule has 1 aromatic rings. The third kappa shape index (κ3) is 4.40. The minimum absolute atomic E-state index is 0.0900. The molecule has 0 saturated heterocycles. The molecule has 0 aliphatic rings. The van der Waals surface area contributed by atoms with Gasteiger partial charge in [-0.05, 0) is 17.7 Å². The minimum Gasteiger partial charge on any atom is -0.394 e. The van der Waals surface area contributed by atoms with Crippen LogP contribution in [0.5, 0.6) is 0 Å². The van der Waals surface area contributed by atoms with Gasteiger partial charge in [-0.3, -0.25) is 14.9 Å². The molecule has 3 N–H and O–H groups in total. The molecule has 0 aromatic heterocycles. The van der Waals surface area contributed by atoms with Crippen molar-refractivity contribution in [1.29, 1.82) is 0 Å². The van der Waals surface area contributed by atoms with Crippen molar-refractivity contribution >= 4 is 34.2 Å². The number of rotatable bonds is 6. The molecule has 0 unspecified atom stereocenters. The number of amides is 1. The number of alkyl halides is 1. The Labute approximate surface area is 122 Å². The molecule has 1 amide bonds. The first-order valence-electron chi connectivity index (χ1n) is 5.38. The van der Waals surface area contributed by atoms with Gasteiger partial charge in [0.15, 0.2) is 0 Å². The van der Waals surface area contributed by atoms with Gasteiger partial charge >= 0.3 is 0 Å². The van der Waals surface area contributed by atoms with Gasteiger partial charge in [0.2, 0.25) is 5.91 Å². The Morgan fingerprint density at radius 3 is 2.42 bits per heavy atom. The topological polar surface area (TPSA) is 113 Å². The van der Waals surface area contributed by atoms with Crippen LogP contribution in [0.4, 0.5) is 5.69 Å². The van der Waals surface area contributed by atoms with E-state index in [-0.39, 0.29) is 16.0 Å². The molecule has 0 bridgehead atoms. The van der Waals surface area contributed by atoms with E-state index in [0.717, 1.165) is 0 Å². The zero-order chi connectivity index (χ0) is 14.4. The smallest absolute Gasteiger partial charge is 0.269 e. The maximum absolute atomic E-state index is 11.2. The predicted octanol–water partition coefficient (Wildman–Crippen LogP) is 0.540. The van der Waals surface area contributed by atoms with Crippen LogP contribution in [0.25, 0.3) is 0 Å². The van der Waals surface area contributed by atoms with Crippen LogP contribution >= 0.6 is 22.6 Å². The highest BCUT2D eigenvalue weighted by molar-refractivity contribution is 14.1. The number of non-ortho nitro benzene ring substituents is 1. The second-order valence-corrected chi connectivity index (χ2v) is 4.55. The Kier molecular flexibility index (Phi) is 6.12. The zero-order valence-corrected chi connectivity index (χ0v) is 12.0. The molecule has 0 spiro atoms. The summed E-state index contributed by atoms with van der Waals surface area (Å²) >= 11 is 1.86. The molecule has 0 aliphatic carbocycles. The number of hydrogen-bond acceptors (Lipinski definition) is 5. The molecule has 0 radical (unpaired) electrons. The number of benzene rings is 1. The summed E-state index contributed by atoms with van der Waals surface area (Å²) in [7, 11) is 0. The quantitative estimate of drug-likeness (QED) is 0.289. The zero-order valence-electron chi connectivity index (χ0n) is 9.82. The van der Waals surface area contributed by atoms with Gasteiger partial charge < -0.3 is 15.5 Å². The SMILES string of the molecule is O=C(CI)N[C@@H](CO)[C@H](O)c1ccc([N+](=O)[O-])cc1. The fraction of sp³-hybridized carbons (Fsp3) is 0.364. The minimum atomic E-state index is -1.13. The van der Waals surface area contributed by atoms with E-state index in [2.05, 4.69) is 5.32 Å². The van der Waals surface area contributed by atoms with Crippen molar-refractivity contribution in [1.82, 2.24) is 5.32 Å². The summed E-state index contributed by atoms with van der Waals surface area (Å²) in [6.07, 6.45) is -1.13. The fourth-order valence-corrected chi connectivity index (χ4v) is 1.72. The summed E-state index contributed by atoms with van der Waals surface area (Å²) in [4.78, 5) is 21.2. The van der Waals surface area contributed by atoms with Crippen molar-refractivity contribution in [2.24, 2.45) is 0 Å². The molecule has 104 valence electrons. The molecule has 0 aliphatic heterocycles. The Morgan fingerprint density at radius 2 is 2.00 bits per heavy atom. The first-order valence-corrected chi connectivity index (χ1v) is 6.90. The van der Waals surface area contributed by atoms with E-state index in [1.807, 2.05) is 22.6 Å². The van der Waals surface area contributed by atoms with Crippen molar-refractivity contribution < 1.29 is 19.9 Å². The number of nitrogens with one attached hydrogen (secondary N) is 1. The number of carbonyl (C=O) groups is 1. The number of nitro groups is 1. The van der Waals surface area contributed by atoms with Crippen LogP contribution in [-0.2, 0) is 4.79 Å². The predicted molar refractivity (Wildman–Crippen MR) is 76.0 cm³/mol. The normalized spacial score (nSPS) is 13.6. The third-order valence-corrected chi connectivity index (χ3v) is 3.18. The Hall–Kier alpha value is -1.26. The van der Waals surface area contributed by atoms with Crippen molar-refractivity contribution in [3.8, 4) is 0 Å². The lowest BCUT2D eigenvalue weighted by Crippen LogP contribution is -2.42. The number of aliphatic hydroxyl groups is 2. The molecule has 0 heterocycles. The van der Waals surface area contributed by atoms with Crippen molar-refractivity contribution in [2.45, 2.75) is 12.1 Å². The van der Waals surface area contributed by atoms with Gasteiger partial charge in [0.25, 0.3) is 5.69 Å². The summed E-state index contributed by atoms with van der Waals surface area (Å²) < 4.78 is 0.210. The molecule has 0 fully saturated rings. The Bertz CT molecular complexity index is 451. The lowest BCUT2D eigenvalue weighted by molar-refractivity contribution is -0.384. The van der Waals surface area contributed by atoms with Crippen molar-refractivity contribution in [3.63, 3.8) is 0 Å². The van der Waals surface area contributed by atoms with Crippen LogP contribution in [0.2, 0.25) is 0 Å². The molecule has 19 heavy (non-hydrogen) atoms. The fourth-order valence-electron chi connectivity index (χ4n) is 1.50. The first kappa shape index (κ1) is 15.8. The summed E-state index contributed by atoms with van der Waals surface area (Å²) in [5.41, 5.74) is 0.297. The Morgan fingerprint density at radius 1 is 1.42 bits per heavy atom. The summed E-state index contributed by atoms with van der Waals surface area (Å²) in [6, 6.07) is 4.45. The molecular formula is C11H13IN2O5. The van der Waals surface area contributed by atoms with Gasteiger partial charge in [0, 0.05) is 12.1 Å². The number of halogens is 1. The lowest BCUT2D eigenvalue weighted by atomic mass is 10.0. The summed E-state index contributed by atoms with van der Waals surface area (Å²) in [6.45, 7) is -0.430. The molecule has 1 aromatic carbocycles. The van der Waals surface area contributed by atoms with Gasteiger partial charge in [-0.1, -0.05) is 22.6 Å². The molecule has 0 saturated carbocycles. The van der Waals surface area contributed by atoms with Gasteiger partial charge in [-0.15, -0.1) is 0 Å². The molecular weight excluding hydrogens is 367 g/mol. The van der Waals surface area contributed by atoms with Crippen molar-refractivity contribution in [2.75, 3.05) is 11.0 Å². The molecule has 2 atom stereocenters. The molecule has 8 heteroatoms. The van der Waals surface area contributed by atoms with Gasteiger partial charge in [-0.25, -0.2) is 0 Å². The van der Waals surface area contributed by atoms with Crippen LogP contribution in [0.15, 0.2) is 24.3 Å². The van der Waals surface area contributed by atoms with E-state index in [0.29, 0.717) is 5.56 Å². The highest BCUT2D eigenvalue weighted by atomic mass is 127. The highest BCUT2D eigenvalue weighted by Crippen LogP contribution is 2.20. The number of nitro benzene ring substituents is 1. The van der Waals surface area contributed by atoms with Crippen LogP contribution in [-0.4, -0.2) is 38.1 Å². The number of carbonyl (C=O) groups excluding carboxylic acids is 1. The average molecular weight is 380 g/mol. The van der Waals surface area contributed by atoms with Crippen LogP contribution in [0.3, 0.4) is 0 Å². The summed E-state index contributed by atoms with van der Waals surface area (Å²) in [5.74, 6) is -0.305. The number of nitrogens with zero attached hydrogens (tertiary/aromatic N) is 1. The van der Waals surface area contributed by atoms with E-state index in [9.17, 15) is 20.0 Å². The Balaban J connectivity index is 2.81. The second-order valence-electron chi connectivity index (χ2n) is 3.78. The highest BCUT2D eigenvalue weighted by Gasteiger charge is 2.22. The van der Waals surface area contributed by atoms with Crippen LogP contribution in [0.1, 0.15) is 11.7 Å². The van der Waals surface area contributed by atoms with Gasteiger partial charge in [-0.2, -0.15) is 0 Å². The van der Waals surface area contributed by atoms with E-state index in [1.165, 1.54) is 24.3 Å². The maximum Gasteiger partial charge on any atom is 0.269 e. The maximum atomic E-state index is 11.2. The van der Waals surface area contributed by atoms with Gasteiger partial charge in [0.05, 0.1) is 22.0 Å². The number of aliphatic hydroxyl groups excluding tert-OH is 2. The average Bonchev–Trinajstić information content (AvgIpc) is 2.43. The van der Waals surface area contributed by atoms with E-state index < -0.39 is 23.7 Å². The standard InChI is InChI=1S/C11H13IN2O5/c12-5-10(16)13-9(6-15)11(17)7-1-3-8(4-2-7)14(18)19/h1-4,9,11,15,17H,5-6H2,(H,13,16)/t9-,11+/m0/s1. The molecule has 7 nitrogen and oxygen atoms in total. The molecule has 1 rings (SSSR count). The monoisotopic (exact) mass is 380 g/mol. The van der Waals surface area contributed by atoms with Crippen LogP contribution in [0, 0.1) is 10.1 Å².